The minimum absolute atomic E-state index is 0.622. The Hall–Kier alpha value is -3.67. The van der Waals surface area contributed by atoms with E-state index in [0.717, 1.165) is 30.2 Å². The van der Waals surface area contributed by atoms with Gasteiger partial charge in [0.2, 0.25) is 0 Å². The van der Waals surface area contributed by atoms with Gasteiger partial charge in [0.25, 0.3) is 0 Å². The van der Waals surface area contributed by atoms with E-state index in [1.807, 2.05) is 55.5 Å². The zero-order chi connectivity index (χ0) is 20.1. The summed E-state index contributed by atoms with van der Waals surface area (Å²) < 4.78 is 5.16. The SMILES string of the molecule is CCN(Cc1ccccc1)c1cc(Nc2cc(C)on2)nc(-c2ccccc2)n1. The highest BCUT2D eigenvalue weighted by molar-refractivity contribution is 5.64. The fourth-order valence-corrected chi connectivity index (χ4v) is 3.09. The number of hydrogen-bond donors (Lipinski definition) is 1. The van der Waals surface area contributed by atoms with Crippen LogP contribution >= 0.6 is 0 Å². The van der Waals surface area contributed by atoms with E-state index in [1.165, 1.54) is 5.56 Å². The summed E-state index contributed by atoms with van der Waals surface area (Å²) in [6.45, 7) is 5.58. The molecule has 2 aromatic carbocycles. The van der Waals surface area contributed by atoms with Crippen LogP contribution in [0.15, 0.2) is 77.3 Å². The maximum atomic E-state index is 5.16. The molecule has 4 aromatic rings. The highest BCUT2D eigenvalue weighted by atomic mass is 16.5. The van der Waals surface area contributed by atoms with E-state index in [2.05, 4.69) is 46.6 Å². The Labute approximate surface area is 170 Å². The molecule has 0 aliphatic rings. The molecule has 0 atom stereocenters. The summed E-state index contributed by atoms with van der Waals surface area (Å²) >= 11 is 0. The van der Waals surface area contributed by atoms with Crippen LogP contribution in [0.5, 0.6) is 0 Å². The lowest BCUT2D eigenvalue weighted by Crippen LogP contribution is -2.23. The van der Waals surface area contributed by atoms with E-state index in [4.69, 9.17) is 14.5 Å². The average Bonchev–Trinajstić information content (AvgIpc) is 3.17. The van der Waals surface area contributed by atoms with Gasteiger partial charge in [0.15, 0.2) is 11.6 Å². The smallest absolute Gasteiger partial charge is 0.175 e. The minimum Gasteiger partial charge on any atom is -0.360 e. The zero-order valence-electron chi connectivity index (χ0n) is 16.5. The summed E-state index contributed by atoms with van der Waals surface area (Å²) in [6.07, 6.45) is 0. The number of benzene rings is 2. The Morgan fingerprint density at radius 1 is 0.897 bits per heavy atom. The normalized spacial score (nSPS) is 10.7. The summed E-state index contributed by atoms with van der Waals surface area (Å²) in [5.41, 5.74) is 2.19. The Balaban J connectivity index is 1.71. The average molecular weight is 385 g/mol. The largest absolute Gasteiger partial charge is 0.360 e. The lowest BCUT2D eigenvalue weighted by Gasteiger charge is -2.23. The summed E-state index contributed by atoms with van der Waals surface area (Å²) in [5, 5.41) is 7.25. The van der Waals surface area contributed by atoms with Crippen LogP contribution in [-0.4, -0.2) is 21.7 Å². The second-order valence-electron chi connectivity index (χ2n) is 6.75. The van der Waals surface area contributed by atoms with Crippen molar-refractivity contribution in [3.63, 3.8) is 0 Å². The van der Waals surface area contributed by atoms with Crippen LogP contribution in [-0.2, 0) is 6.54 Å². The first-order chi connectivity index (χ1) is 14.2. The quantitative estimate of drug-likeness (QED) is 0.471. The third-order valence-electron chi connectivity index (χ3n) is 4.55. The van der Waals surface area contributed by atoms with Gasteiger partial charge in [0, 0.05) is 30.8 Å². The summed E-state index contributed by atoms with van der Waals surface area (Å²) in [6, 6.07) is 24.2. The molecule has 0 aliphatic heterocycles. The zero-order valence-corrected chi connectivity index (χ0v) is 16.5. The molecule has 0 saturated carbocycles. The van der Waals surface area contributed by atoms with Crippen LogP contribution in [0.3, 0.4) is 0 Å². The molecule has 4 rings (SSSR count). The van der Waals surface area contributed by atoms with Gasteiger partial charge in [0.05, 0.1) is 0 Å². The van der Waals surface area contributed by atoms with Crippen molar-refractivity contribution >= 4 is 17.5 Å². The third kappa shape index (κ3) is 4.60. The van der Waals surface area contributed by atoms with Crippen molar-refractivity contribution < 1.29 is 4.52 Å². The molecule has 2 heterocycles. The number of aryl methyl sites for hydroxylation is 1. The highest BCUT2D eigenvalue weighted by Crippen LogP contribution is 2.25. The number of anilines is 3. The predicted molar refractivity (Wildman–Crippen MR) is 115 cm³/mol. The minimum atomic E-state index is 0.622. The fourth-order valence-electron chi connectivity index (χ4n) is 3.09. The third-order valence-corrected chi connectivity index (χ3v) is 4.55. The molecule has 0 amide bonds. The van der Waals surface area contributed by atoms with E-state index < -0.39 is 0 Å². The molecule has 0 radical (unpaired) electrons. The highest BCUT2D eigenvalue weighted by Gasteiger charge is 2.13. The number of nitrogens with one attached hydrogen (secondary N) is 1. The molecule has 6 heteroatoms. The molecule has 0 fully saturated rings. The van der Waals surface area contributed by atoms with Gasteiger partial charge < -0.3 is 14.7 Å². The molecular formula is C23H23N5O. The van der Waals surface area contributed by atoms with Gasteiger partial charge in [-0.2, -0.15) is 0 Å². The second-order valence-corrected chi connectivity index (χ2v) is 6.75. The first-order valence-corrected chi connectivity index (χ1v) is 9.65. The number of rotatable bonds is 7. The van der Waals surface area contributed by atoms with Crippen molar-refractivity contribution in [2.24, 2.45) is 0 Å². The van der Waals surface area contributed by atoms with Crippen molar-refractivity contribution in [2.45, 2.75) is 20.4 Å². The molecule has 146 valence electrons. The molecule has 0 saturated heterocycles. The van der Waals surface area contributed by atoms with Crippen LogP contribution in [0.25, 0.3) is 11.4 Å². The Kier molecular flexibility index (Phi) is 5.52. The van der Waals surface area contributed by atoms with Crippen LogP contribution < -0.4 is 10.2 Å². The predicted octanol–water partition coefficient (Wildman–Crippen LogP) is 5.21. The maximum Gasteiger partial charge on any atom is 0.175 e. The Morgan fingerprint density at radius 2 is 1.62 bits per heavy atom. The molecule has 0 bridgehead atoms. The Morgan fingerprint density at radius 3 is 2.28 bits per heavy atom. The van der Waals surface area contributed by atoms with E-state index >= 15 is 0 Å². The Bertz CT molecular complexity index is 1060. The van der Waals surface area contributed by atoms with E-state index in [0.29, 0.717) is 17.5 Å². The van der Waals surface area contributed by atoms with Crippen molar-refractivity contribution in [3.8, 4) is 11.4 Å². The first kappa shape index (κ1) is 18.7. The number of nitrogens with zero attached hydrogens (tertiary/aromatic N) is 4. The molecule has 6 nitrogen and oxygen atoms in total. The van der Waals surface area contributed by atoms with Gasteiger partial charge in [-0.3, -0.25) is 0 Å². The van der Waals surface area contributed by atoms with Crippen LogP contribution in [0.2, 0.25) is 0 Å². The monoisotopic (exact) mass is 385 g/mol. The molecule has 0 aliphatic carbocycles. The lowest BCUT2D eigenvalue weighted by atomic mass is 10.2. The van der Waals surface area contributed by atoms with Gasteiger partial charge in [-0.1, -0.05) is 65.8 Å². The molecule has 1 N–H and O–H groups in total. The summed E-state index contributed by atoms with van der Waals surface area (Å²) in [4.78, 5) is 11.8. The van der Waals surface area contributed by atoms with Gasteiger partial charge in [-0.15, -0.1) is 0 Å². The van der Waals surface area contributed by atoms with Gasteiger partial charge in [0.1, 0.15) is 17.4 Å². The van der Waals surface area contributed by atoms with Crippen molar-refractivity contribution in [3.05, 3.63) is 84.1 Å². The molecule has 0 spiro atoms. The van der Waals surface area contributed by atoms with Gasteiger partial charge in [-0.05, 0) is 19.4 Å². The summed E-state index contributed by atoms with van der Waals surface area (Å²) in [7, 11) is 0. The number of aromatic nitrogens is 3. The van der Waals surface area contributed by atoms with E-state index in [1.54, 1.807) is 0 Å². The first-order valence-electron chi connectivity index (χ1n) is 9.65. The maximum absolute atomic E-state index is 5.16. The lowest BCUT2D eigenvalue weighted by molar-refractivity contribution is 0.400. The van der Waals surface area contributed by atoms with Gasteiger partial charge >= 0.3 is 0 Å². The van der Waals surface area contributed by atoms with Crippen LogP contribution in [0.1, 0.15) is 18.2 Å². The van der Waals surface area contributed by atoms with Crippen molar-refractivity contribution in [2.75, 3.05) is 16.8 Å². The van der Waals surface area contributed by atoms with Crippen molar-refractivity contribution in [1.82, 2.24) is 15.1 Å². The topological polar surface area (TPSA) is 67.1 Å². The fraction of sp³-hybridized carbons (Fsp3) is 0.174. The molecule has 0 unspecified atom stereocenters. The second kappa shape index (κ2) is 8.56. The van der Waals surface area contributed by atoms with E-state index in [9.17, 15) is 0 Å². The standard InChI is InChI=1S/C23H23N5O/c1-3-28(16-18-10-6-4-7-11-18)22-15-20(24-21-14-17(2)29-27-21)25-23(26-22)19-12-8-5-9-13-19/h4-15H,3,16H2,1-2H3,(H,24,25,26,27). The molecular weight excluding hydrogens is 362 g/mol. The van der Waals surface area contributed by atoms with E-state index in [-0.39, 0.29) is 0 Å². The number of hydrogen-bond acceptors (Lipinski definition) is 6. The summed E-state index contributed by atoms with van der Waals surface area (Å²) in [5.74, 6) is 3.56. The van der Waals surface area contributed by atoms with Gasteiger partial charge in [-0.25, -0.2) is 9.97 Å². The van der Waals surface area contributed by atoms with Crippen molar-refractivity contribution in [1.29, 1.82) is 0 Å². The van der Waals surface area contributed by atoms with Crippen LogP contribution in [0.4, 0.5) is 17.5 Å². The molecule has 2 aromatic heterocycles. The molecule has 29 heavy (non-hydrogen) atoms. The van der Waals surface area contributed by atoms with Crippen LogP contribution in [0, 0.1) is 6.92 Å².